The quantitative estimate of drug-likeness (QED) is 0.543. The van der Waals surface area contributed by atoms with Crippen molar-refractivity contribution in [1.82, 2.24) is 4.98 Å². The van der Waals surface area contributed by atoms with E-state index in [1.165, 1.54) is 18.7 Å². The van der Waals surface area contributed by atoms with Gasteiger partial charge >= 0.3 is 0 Å². The van der Waals surface area contributed by atoms with E-state index in [0.717, 1.165) is 27.1 Å². The van der Waals surface area contributed by atoms with E-state index >= 15 is 0 Å². The van der Waals surface area contributed by atoms with E-state index in [1.54, 1.807) is 24.3 Å². The van der Waals surface area contributed by atoms with E-state index < -0.39 is 0 Å². The third-order valence-corrected chi connectivity index (χ3v) is 5.91. The molecule has 0 fully saturated rings. The molecule has 0 spiro atoms. The molecular weight excluding hydrogens is 382 g/mol. The van der Waals surface area contributed by atoms with Crippen molar-refractivity contribution < 1.29 is 9.59 Å². The van der Waals surface area contributed by atoms with Crippen molar-refractivity contribution >= 4 is 45.9 Å². The highest BCUT2D eigenvalue weighted by Gasteiger charge is 2.19. The zero-order valence-electron chi connectivity index (χ0n) is 17.1. The summed E-state index contributed by atoms with van der Waals surface area (Å²) in [5.41, 5.74) is 4.67. The third-order valence-electron chi connectivity index (χ3n) is 4.62. The van der Waals surface area contributed by atoms with Crippen LogP contribution in [0.25, 0.3) is 10.9 Å². The monoisotopic (exact) mass is 407 g/mol. The van der Waals surface area contributed by atoms with E-state index in [9.17, 15) is 9.59 Å². The minimum absolute atomic E-state index is 0.0610. The number of fused-ring (bicyclic) bond motifs is 1. The van der Waals surface area contributed by atoms with Gasteiger partial charge < -0.3 is 10.6 Å². The molecule has 2 N–H and O–H groups in total. The highest BCUT2D eigenvalue weighted by Crippen LogP contribution is 2.30. The van der Waals surface area contributed by atoms with Crippen LogP contribution < -0.4 is 10.6 Å². The maximum Gasteiger partial charge on any atom is 0.237 e. The first-order chi connectivity index (χ1) is 13.9. The van der Waals surface area contributed by atoms with Crippen molar-refractivity contribution in [2.24, 2.45) is 0 Å². The predicted molar refractivity (Wildman–Crippen MR) is 121 cm³/mol. The predicted octanol–water partition coefficient (Wildman–Crippen LogP) is 5.32. The van der Waals surface area contributed by atoms with Crippen LogP contribution in [0.3, 0.4) is 0 Å². The Hall–Kier alpha value is -2.86. The summed E-state index contributed by atoms with van der Waals surface area (Å²) in [4.78, 5) is 28.7. The number of hydrogen-bond acceptors (Lipinski definition) is 4. The zero-order valence-corrected chi connectivity index (χ0v) is 17.9. The van der Waals surface area contributed by atoms with Gasteiger partial charge in [0.15, 0.2) is 0 Å². The first-order valence-corrected chi connectivity index (χ1v) is 10.5. The average Bonchev–Trinajstić information content (AvgIpc) is 2.68. The Morgan fingerprint density at radius 2 is 1.66 bits per heavy atom. The van der Waals surface area contributed by atoms with Gasteiger partial charge in [-0.15, -0.1) is 0 Å². The second kappa shape index (κ2) is 9.09. The molecule has 2 amide bonds. The van der Waals surface area contributed by atoms with Gasteiger partial charge in [0.05, 0.1) is 15.8 Å². The Bertz CT molecular complexity index is 1050. The number of thioether (sulfide) groups is 1. The number of hydrogen-bond donors (Lipinski definition) is 2. The molecule has 0 aliphatic heterocycles. The number of amides is 2. The summed E-state index contributed by atoms with van der Waals surface area (Å²) < 4.78 is 0. The summed E-state index contributed by atoms with van der Waals surface area (Å²) in [5.74, 6) is -0.188. The summed E-state index contributed by atoms with van der Waals surface area (Å²) in [6, 6.07) is 15.3. The molecule has 0 saturated carbocycles. The molecule has 0 bridgehead atoms. The molecule has 0 radical (unpaired) electrons. The van der Waals surface area contributed by atoms with Crippen LogP contribution in [0.4, 0.5) is 11.4 Å². The lowest BCUT2D eigenvalue weighted by Gasteiger charge is -2.16. The Balaban J connectivity index is 1.74. The summed E-state index contributed by atoms with van der Waals surface area (Å²) in [6.07, 6.45) is 0.688. The summed E-state index contributed by atoms with van der Waals surface area (Å²) in [6.45, 7) is 7.59. The normalized spacial score (nSPS) is 11.9. The Morgan fingerprint density at radius 1 is 1.00 bits per heavy atom. The van der Waals surface area contributed by atoms with Gasteiger partial charge in [0.25, 0.3) is 0 Å². The second-order valence-electron chi connectivity index (χ2n) is 7.01. The topological polar surface area (TPSA) is 71.1 Å². The van der Waals surface area contributed by atoms with Gasteiger partial charge in [0.2, 0.25) is 11.8 Å². The van der Waals surface area contributed by atoms with Crippen LogP contribution in [0, 0.1) is 13.8 Å². The molecule has 1 heterocycles. The zero-order chi connectivity index (χ0) is 21.0. The number of carbonyl (C=O) groups excluding carboxylic acids is 2. The van der Waals surface area contributed by atoms with Crippen LogP contribution in [0.2, 0.25) is 0 Å². The lowest BCUT2D eigenvalue weighted by Crippen LogP contribution is -2.24. The number of nitrogens with one attached hydrogen (secondary N) is 2. The van der Waals surface area contributed by atoms with Crippen LogP contribution in [-0.4, -0.2) is 22.0 Å². The van der Waals surface area contributed by atoms with E-state index in [1.807, 2.05) is 19.1 Å². The van der Waals surface area contributed by atoms with Gasteiger partial charge in [0.1, 0.15) is 0 Å². The molecule has 0 aliphatic carbocycles. The van der Waals surface area contributed by atoms with E-state index in [4.69, 9.17) is 4.98 Å². The molecule has 2 aromatic carbocycles. The molecule has 1 atom stereocenters. The van der Waals surface area contributed by atoms with Gasteiger partial charge in [-0.25, -0.2) is 4.98 Å². The molecule has 3 rings (SSSR count). The number of aryl methyl sites for hydroxylation is 2. The van der Waals surface area contributed by atoms with Gasteiger partial charge in [-0.05, 0) is 61.7 Å². The fourth-order valence-corrected chi connectivity index (χ4v) is 4.14. The Morgan fingerprint density at radius 3 is 2.28 bits per heavy atom. The number of rotatable bonds is 6. The third kappa shape index (κ3) is 5.15. The summed E-state index contributed by atoms with van der Waals surface area (Å²) in [5, 5.41) is 7.42. The minimum Gasteiger partial charge on any atom is -0.326 e. The standard InChI is InChI=1S/C23H25N3O2S/c1-5-20(23(28)25-18-11-9-17(10-12-18)24-16(4)27)29-21-13-15(3)19-8-6-7-14(2)22(19)26-21/h6-13,20H,5H2,1-4H3,(H,24,27)(H,25,28). The smallest absolute Gasteiger partial charge is 0.237 e. The van der Waals surface area contributed by atoms with Crippen LogP contribution in [0.1, 0.15) is 31.4 Å². The number of anilines is 2. The van der Waals surface area contributed by atoms with E-state index in [-0.39, 0.29) is 17.1 Å². The van der Waals surface area contributed by atoms with Crippen molar-refractivity contribution in [3.8, 4) is 0 Å². The molecule has 6 heteroatoms. The van der Waals surface area contributed by atoms with Crippen molar-refractivity contribution in [3.05, 3.63) is 59.7 Å². The molecule has 1 aromatic heterocycles. The molecular formula is C23H25N3O2S. The van der Waals surface area contributed by atoms with Crippen LogP contribution >= 0.6 is 11.8 Å². The number of nitrogens with zero attached hydrogens (tertiary/aromatic N) is 1. The fraction of sp³-hybridized carbons (Fsp3) is 0.261. The Labute approximate surface area is 175 Å². The van der Waals surface area contributed by atoms with Crippen molar-refractivity contribution in [2.75, 3.05) is 10.6 Å². The number of para-hydroxylation sites is 1. The van der Waals surface area contributed by atoms with Gasteiger partial charge in [-0.1, -0.05) is 36.9 Å². The molecule has 3 aromatic rings. The SMILES string of the molecule is CCC(Sc1cc(C)c2cccc(C)c2n1)C(=O)Nc1ccc(NC(C)=O)cc1. The van der Waals surface area contributed by atoms with Crippen molar-refractivity contribution in [3.63, 3.8) is 0 Å². The lowest BCUT2D eigenvalue weighted by atomic mass is 10.1. The molecule has 150 valence electrons. The van der Waals surface area contributed by atoms with Gasteiger partial charge in [-0.2, -0.15) is 0 Å². The highest BCUT2D eigenvalue weighted by atomic mass is 32.2. The maximum atomic E-state index is 12.8. The first kappa shape index (κ1) is 20.9. The number of benzene rings is 2. The lowest BCUT2D eigenvalue weighted by molar-refractivity contribution is -0.116. The minimum atomic E-state index is -0.251. The molecule has 29 heavy (non-hydrogen) atoms. The van der Waals surface area contributed by atoms with Crippen molar-refractivity contribution in [2.45, 2.75) is 44.4 Å². The molecule has 1 unspecified atom stereocenters. The largest absolute Gasteiger partial charge is 0.326 e. The molecule has 0 aliphatic rings. The highest BCUT2D eigenvalue weighted by molar-refractivity contribution is 8.00. The van der Waals surface area contributed by atoms with Crippen molar-refractivity contribution in [1.29, 1.82) is 0 Å². The maximum absolute atomic E-state index is 12.8. The number of aromatic nitrogens is 1. The second-order valence-corrected chi connectivity index (χ2v) is 8.23. The van der Waals surface area contributed by atoms with Crippen LogP contribution in [0.5, 0.6) is 0 Å². The van der Waals surface area contributed by atoms with E-state index in [0.29, 0.717) is 17.8 Å². The molecule has 0 saturated heterocycles. The number of pyridine rings is 1. The molecule has 5 nitrogen and oxygen atoms in total. The Kier molecular flexibility index (Phi) is 6.54. The van der Waals surface area contributed by atoms with Gasteiger partial charge in [-0.3, -0.25) is 9.59 Å². The summed E-state index contributed by atoms with van der Waals surface area (Å²) >= 11 is 1.49. The van der Waals surface area contributed by atoms with E-state index in [2.05, 4.69) is 36.6 Å². The van der Waals surface area contributed by atoms with Gasteiger partial charge in [0, 0.05) is 23.7 Å². The first-order valence-electron chi connectivity index (χ1n) is 9.59. The number of carbonyl (C=O) groups is 2. The fourth-order valence-electron chi connectivity index (χ4n) is 3.12. The van der Waals surface area contributed by atoms with Crippen LogP contribution in [-0.2, 0) is 9.59 Å². The summed E-state index contributed by atoms with van der Waals surface area (Å²) in [7, 11) is 0. The average molecular weight is 408 g/mol. The van der Waals surface area contributed by atoms with Crippen LogP contribution in [0.15, 0.2) is 53.6 Å².